The van der Waals surface area contributed by atoms with Crippen LogP contribution in [0.3, 0.4) is 0 Å². The number of amides is 1. The fraction of sp³-hybridized carbons (Fsp3) is 0.538. The molecule has 5 N–H and O–H groups in total. The average molecular weight is 297 g/mol. The van der Waals surface area contributed by atoms with E-state index in [2.05, 4.69) is 5.32 Å². The van der Waals surface area contributed by atoms with Crippen LogP contribution in [0.4, 0.5) is 10.7 Å². The molecule has 0 bridgehead atoms. The second-order valence-electron chi connectivity index (χ2n) is 4.80. The first-order valence-corrected chi connectivity index (χ1v) is 7.43. The van der Waals surface area contributed by atoms with Gasteiger partial charge in [0, 0.05) is 25.5 Å². The van der Waals surface area contributed by atoms with E-state index >= 15 is 0 Å². The van der Waals surface area contributed by atoms with Gasteiger partial charge in [-0.25, -0.2) is 0 Å². The van der Waals surface area contributed by atoms with Crippen molar-refractivity contribution in [2.24, 2.45) is 11.7 Å². The summed E-state index contributed by atoms with van der Waals surface area (Å²) >= 11 is 1.20. The minimum atomic E-state index is -0.612. The summed E-state index contributed by atoms with van der Waals surface area (Å²) in [6.45, 7) is 3.91. The second kappa shape index (κ2) is 6.23. The number of anilines is 2. The molecule has 7 heteroatoms. The van der Waals surface area contributed by atoms with Crippen molar-refractivity contribution in [2.45, 2.75) is 19.8 Å². The predicted octanol–water partition coefficient (Wildman–Crippen LogP) is 1.47. The molecule has 20 heavy (non-hydrogen) atoms. The zero-order valence-electron chi connectivity index (χ0n) is 11.4. The molecule has 0 saturated carbocycles. The zero-order valence-corrected chi connectivity index (χ0v) is 12.2. The number of nitrogens with one attached hydrogen (secondary N) is 1. The molecule has 2 heterocycles. The Bertz CT molecular complexity index is 521. The van der Waals surface area contributed by atoms with Crippen LogP contribution in [0.5, 0.6) is 0 Å². The highest BCUT2D eigenvalue weighted by atomic mass is 32.1. The van der Waals surface area contributed by atoms with Crippen molar-refractivity contribution in [3.05, 3.63) is 10.4 Å². The average Bonchev–Trinajstić information content (AvgIpc) is 3.02. The molecule has 2 rings (SSSR count). The third kappa shape index (κ3) is 2.94. The molecule has 1 atom stereocenters. The summed E-state index contributed by atoms with van der Waals surface area (Å²) in [6.07, 6.45) is 1.33. The number of hydrogen-bond acceptors (Lipinski definition) is 6. The lowest BCUT2D eigenvalue weighted by molar-refractivity contribution is 0.0991. The maximum atomic E-state index is 11.8. The Hall–Kier alpha value is -1.60. The van der Waals surface area contributed by atoms with Crippen LogP contribution in [-0.2, 0) is 4.74 Å². The molecule has 0 aromatic carbocycles. The Morgan fingerprint density at radius 1 is 1.50 bits per heavy atom. The van der Waals surface area contributed by atoms with Gasteiger partial charge in [0.2, 0.25) is 0 Å². The van der Waals surface area contributed by atoms with Gasteiger partial charge in [-0.15, -0.1) is 11.3 Å². The van der Waals surface area contributed by atoms with E-state index in [1.165, 1.54) is 11.3 Å². The van der Waals surface area contributed by atoms with Crippen LogP contribution in [-0.4, -0.2) is 31.4 Å². The first-order chi connectivity index (χ1) is 9.54. The molecule has 6 nitrogen and oxygen atoms in total. The van der Waals surface area contributed by atoms with Gasteiger partial charge in [0.05, 0.1) is 22.7 Å². The van der Waals surface area contributed by atoms with E-state index in [1.807, 2.05) is 0 Å². The standard InChI is InChI=1S/C13H19N3O3S/c1-2-8(17)11-10(14)9(12(15)18)13(20-11)16-5-7-3-4-19-6-7/h7,16H,2-6,14H2,1H3,(H2,15,18). The Balaban J connectivity index is 2.21. The normalized spacial score (nSPS) is 18.1. The number of ketones is 1. The number of nitrogens with two attached hydrogens (primary N) is 2. The number of rotatable bonds is 6. The molecule has 1 aromatic heterocycles. The van der Waals surface area contributed by atoms with E-state index in [9.17, 15) is 9.59 Å². The first kappa shape index (κ1) is 14.8. The largest absolute Gasteiger partial charge is 0.397 e. The summed E-state index contributed by atoms with van der Waals surface area (Å²) in [5, 5.41) is 3.76. The smallest absolute Gasteiger partial charge is 0.253 e. The molecule has 1 aliphatic heterocycles. The molecule has 1 fully saturated rings. The Labute approximate surface area is 121 Å². The van der Waals surface area contributed by atoms with Crippen molar-refractivity contribution in [2.75, 3.05) is 30.8 Å². The van der Waals surface area contributed by atoms with Crippen LogP contribution < -0.4 is 16.8 Å². The number of hydrogen-bond donors (Lipinski definition) is 3. The molecular weight excluding hydrogens is 278 g/mol. The minimum Gasteiger partial charge on any atom is -0.397 e. The van der Waals surface area contributed by atoms with Gasteiger partial charge in [-0.3, -0.25) is 9.59 Å². The van der Waals surface area contributed by atoms with Crippen LogP contribution in [0, 0.1) is 5.92 Å². The molecule has 0 aliphatic carbocycles. The van der Waals surface area contributed by atoms with Gasteiger partial charge in [0.15, 0.2) is 5.78 Å². The minimum absolute atomic E-state index is 0.0766. The Morgan fingerprint density at radius 2 is 2.25 bits per heavy atom. The van der Waals surface area contributed by atoms with Gasteiger partial charge in [-0.2, -0.15) is 0 Å². The van der Waals surface area contributed by atoms with Gasteiger partial charge >= 0.3 is 0 Å². The van der Waals surface area contributed by atoms with Crippen LogP contribution in [0.25, 0.3) is 0 Å². The highest BCUT2D eigenvalue weighted by Crippen LogP contribution is 2.36. The lowest BCUT2D eigenvalue weighted by atomic mass is 10.1. The van der Waals surface area contributed by atoms with Gasteiger partial charge < -0.3 is 21.5 Å². The molecule has 110 valence electrons. The third-order valence-corrected chi connectivity index (χ3v) is 4.55. The Morgan fingerprint density at radius 3 is 2.80 bits per heavy atom. The number of nitrogen functional groups attached to an aromatic ring is 1. The number of Topliss-reactive ketones (excluding diaryl/α,β-unsaturated/α-hetero) is 1. The van der Waals surface area contributed by atoms with E-state index < -0.39 is 5.91 Å². The molecule has 0 radical (unpaired) electrons. The maximum Gasteiger partial charge on any atom is 0.253 e. The summed E-state index contributed by atoms with van der Waals surface area (Å²) < 4.78 is 5.30. The van der Waals surface area contributed by atoms with Crippen molar-refractivity contribution >= 4 is 33.7 Å². The SMILES string of the molecule is CCC(=O)c1sc(NCC2CCOC2)c(C(N)=O)c1N. The fourth-order valence-corrected chi connectivity index (χ4v) is 3.30. The topological polar surface area (TPSA) is 107 Å². The Kier molecular flexibility index (Phi) is 4.61. The van der Waals surface area contributed by atoms with E-state index in [0.717, 1.165) is 13.0 Å². The molecule has 0 spiro atoms. The highest BCUT2D eigenvalue weighted by Gasteiger charge is 2.24. The summed E-state index contributed by atoms with van der Waals surface area (Å²) in [4.78, 5) is 23.8. The summed E-state index contributed by atoms with van der Waals surface area (Å²) in [5.41, 5.74) is 11.7. The number of carbonyl (C=O) groups is 2. The van der Waals surface area contributed by atoms with Crippen LogP contribution in [0.1, 0.15) is 39.8 Å². The lowest BCUT2D eigenvalue weighted by Crippen LogP contribution is -2.18. The molecule has 1 aromatic rings. The lowest BCUT2D eigenvalue weighted by Gasteiger charge is -2.10. The molecule has 1 saturated heterocycles. The van der Waals surface area contributed by atoms with Gasteiger partial charge in [-0.1, -0.05) is 6.92 Å². The van der Waals surface area contributed by atoms with E-state index in [-0.39, 0.29) is 17.0 Å². The molecule has 1 unspecified atom stereocenters. The van der Waals surface area contributed by atoms with Gasteiger partial charge in [-0.05, 0) is 6.42 Å². The quantitative estimate of drug-likeness (QED) is 0.689. The van der Waals surface area contributed by atoms with Gasteiger partial charge in [0.25, 0.3) is 5.91 Å². The van der Waals surface area contributed by atoms with Crippen LogP contribution in [0.15, 0.2) is 0 Å². The number of ether oxygens (including phenoxy) is 1. The molecule has 1 amide bonds. The fourth-order valence-electron chi connectivity index (χ4n) is 2.16. The maximum absolute atomic E-state index is 11.8. The van der Waals surface area contributed by atoms with Crippen molar-refractivity contribution in [1.82, 2.24) is 0 Å². The van der Waals surface area contributed by atoms with Crippen molar-refractivity contribution < 1.29 is 14.3 Å². The van der Waals surface area contributed by atoms with Crippen LogP contribution >= 0.6 is 11.3 Å². The predicted molar refractivity (Wildman–Crippen MR) is 79.3 cm³/mol. The molecular formula is C13H19N3O3S. The van der Waals surface area contributed by atoms with Crippen molar-refractivity contribution in [1.29, 1.82) is 0 Å². The zero-order chi connectivity index (χ0) is 14.7. The van der Waals surface area contributed by atoms with E-state index in [0.29, 0.717) is 35.4 Å². The summed E-state index contributed by atoms with van der Waals surface area (Å²) in [6, 6.07) is 0. The monoisotopic (exact) mass is 297 g/mol. The summed E-state index contributed by atoms with van der Waals surface area (Å²) in [7, 11) is 0. The second-order valence-corrected chi connectivity index (χ2v) is 5.82. The van der Waals surface area contributed by atoms with Gasteiger partial charge in [0.1, 0.15) is 5.00 Å². The number of carbonyl (C=O) groups excluding carboxylic acids is 2. The van der Waals surface area contributed by atoms with E-state index in [1.54, 1.807) is 6.92 Å². The highest BCUT2D eigenvalue weighted by molar-refractivity contribution is 7.19. The van der Waals surface area contributed by atoms with E-state index in [4.69, 9.17) is 16.2 Å². The van der Waals surface area contributed by atoms with Crippen LogP contribution in [0.2, 0.25) is 0 Å². The summed E-state index contributed by atoms with van der Waals surface area (Å²) in [5.74, 6) is -0.282. The number of primary amides is 1. The first-order valence-electron chi connectivity index (χ1n) is 6.61. The van der Waals surface area contributed by atoms with Crippen molar-refractivity contribution in [3.8, 4) is 0 Å². The molecule has 1 aliphatic rings. The third-order valence-electron chi connectivity index (χ3n) is 3.34. The van der Waals surface area contributed by atoms with Crippen molar-refractivity contribution in [3.63, 3.8) is 0 Å². The number of thiophene rings is 1.